The Labute approximate surface area is 369 Å². The highest BCUT2D eigenvalue weighted by Crippen LogP contribution is 2.15. The van der Waals surface area contributed by atoms with E-state index in [9.17, 15) is 4.79 Å². The molecule has 14 nitrogen and oxygen atoms in total. The molecule has 1 rings (SSSR count). The third-order valence-electron chi connectivity index (χ3n) is 9.18. The minimum Gasteiger partial charge on any atom is -0.491 e. The molecule has 358 valence electrons. The lowest BCUT2D eigenvalue weighted by molar-refractivity contribution is -0.145. The lowest BCUT2D eigenvalue weighted by Gasteiger charge is -2.09. The molecular formula is C47H86O14. The SMILES string of the molecule is CCCCCCCCCc1ccc(OCCOCCOCCOCCOCCOCCOCCOCCOCCOCCOCCOCCOC(=O)CCCCCCC)cc1. The fraction of sp³-hybridized carbons (Fsp3) is 0.851. The number of benzene rings is 1. The molecule has 0 spiro atoms. The molecular weight excluding hydrogens is 789 g/mol. The minimum absolute atomic E-state index is 0.148. The van der Waals surface area contributed by atoms with Gasteiger partial charge in [-0.2, -0.15) is 0 Å². The van der Waals surface area contributed by atoms with Crippen molar-refractivity contribution >= 4 is 5.97 Å². The smallest absolute Gasteiger partial charge is 0.305 e. The molecule has 0 aliphatic rings. The molecule has 0 aliphatic heterocycles. The summed E-state index contributed by atoms with van der Waals surface area (Å²) < 4.78 is 71.6. The summed E-state index contributed by atoms with van der Waals surface area (Å²) in [6.07, 6.45) is 16.6. The predicted molar refractivity (Wildman–Crippen MR) is 237 cm³/mol. The van der Waals surface area contributed by atoms with Crippen LogP contribution < -0.4 is 4.74 Å². The van der Waals surface area contributed by atoms with Crippen LogP contribution in [0, 0.1) is 0 Å². The Balaban J connectivity index is 1.67. The number of ether oxygens (including phenoxy) is 13. The van der Waals surface area contributed by atoms with Crippen molar-refractivity contribution in [2.75, 3.05) is 159 Å². The topological polar surface area (TPSA) is 137 Å². The summed E-state index contributed by atoms with van der Waals surface area (Å²) >= 11 is 0. The molecule has 14 heteroatoms. The summed E-state index contributed by atoms with van der Waals surface area (Å²) in [5, 5.41) is 0. The fourth-order valence-electron chi connectivity index (χ4n) is 5.72. The summed E-state index contributed by atoms with van der Waals surface area (Å²) in [4.78, 5) is 11.6. The molecule has 1 aromatic carbocycles. The van der Waals surface area contributed by atoms with Crippen LogP contribution in [0.25, 0.3) is 0 Å². The van der Waals surface area contributed by atoms with Crippen LogP contribution in [-0.2, 0) is 68.1 Å². The molecule has 0 bridgehead atoms. The molecule has 0 aliphatic carbocycles. The number of aryl methyl sites for hydroxylation is 1. The number of esters is 1. The maximum Gasteiger partial charge on any atom is 0.305 e. The Morgan fingerprint density at radius 2 is 0.639 bits per heavy atom. The Bertz CT molecular complexity index is 1000. The van der Waals surface area contributed by atoms with E-state index in [1.165, 1.54) is 69.8 Å². The van der Waals surface area contributed by atoms with Crippen molar-refractivity contribution in [1.82, 2.24) is 0 Å². The van der Waals surface area contributed by atoms with Crippen LogP contribution in [-0.4, -0.2) is 165 Å². The monoisotopic (exact) mass is 875 g/mol. The first-order valence-corrected chi connectivity index (χ1v) is 23.5. The molecule has 61 heavy (non-hydrogen) atoms. The van der Waals surface area contributed by atoms with Crippen LogP contribution in [0.5, 0.6) is 5.75 Å². The lowest BCUT2D eigenvalue weighted by atomic mass is 10.0. The van der Waals surface area contributed by atoms with E-state index in [1.807, 2.05) is 0 Å². The van der Waals surface area contributed by atoms with Gasteiger partial charge in [0.15, 0.2) is 0 Å². The van der Waals surface area contributed by atoms with Gasteiger partial charge in [0, 0.05) is 6.42 Å². The molecule has 0 aromatic heterocycles. The molecule has 0 saturated carbocycles. The number of hydrogen-bond acceptors (Lipinski definition) is 14. The van der Waals surface area contributed by atoms with Gasteiger partial charge >= 0.3 is 5.97 Å². The van der Waals surface area contributed by atoms with E-state index in [1.54, 1.807) is 0 Å². The molecule has 0 heterocycles. The summed E-state index contributed by atoms with van der Waals surface area (Å²) in [6, 6.07) is 8.45. The van der Waals surface area contributed by atoms with Crippen LogP contribution in [0.4, 0.5) is 0 Å². The number of hydrogen-bond donors (Lipinski definition) is 0. The first kappa shape index (κ1) is 57.1. The highest BCUT2D eigenvalue weighted by Gasteiger charge is 2.03. The van der Waals surface area contributed by atoms with Gasteiger partial charge in [0.05, 0.1) is 145 Å². The van der Waals surface area contributed by atoms with E-state index in [0.29, 0.717) is 158 Å². The van der Waals surface area contributed by atoms with Crippen LogP contribution >= 0.6 is 0 Å². The van der Waals surface area contributed by atoms with Gasteiger partial charge in [0.25, 0.3) is 0 Å². The zero-order chi connectivity index (χ0) is 43.6. The summed E-state index contributed by atoms with van der Waals surface area (Å²) in [7, 11) is 0. The maximum atomic E-state index is 11.6. The molecule has 0 fully saturated rings. The number of carbonyl (C=O) groups is 1. The van der Waals surface area contributed by atoms with Crippen LogP contribution in [0.3, 0.4) is 0 Å². The molecule has 0 radical (unpaired) electrons. The number of unbranched alkanes of at least 4 members (excludes halogenated alkanes) is 10. The third-order valence-corrected chi connectivity index (χ3v) is 9.18. The molecule has 0 N–H and O–H groups in total. The van der Waals surface area contributed by atoms with Crippen molar-refractivity contribution in [3.05, 3.63) is 29.8 Å². The summed E-state index contributed by atoms with van der Waals surface area (Å²) in [6.45, 7) is 16.1. The zero-order valence-electron chi connectivity index (χ0n) is 38.4. The fourth-order valence-corrected chi connectivity index (χ4v) is 5.72. The minimum atomic E-state index is -0.148. The Hall–Kier alpha value is -1.95. The highest BCUT2D eigenvalue weighted by molar-refractivity contribution is 5.69. The predicted octanol–water partition coefficient (Wildman–Crippen LogP) is 7.44. The second kappa shape index (κ2) is 49.1. The average Bonchev–Trinajstić information content (AvgIpc) is 3.27. The van der Waals surface area contributed by atoms with Gasteiger partial charge in [0.1, 0.15) is 19.0 Å². The van der Waals surface area contributed by atoms with Crippen molar-refractivity contribution in [2.24, 2.45) is 0 Å². The Morgan fingerprint density at radius 3 is 1.00 bits per heavy atom. The van der Waals surface area contributed by atoms with Gasteiger partial charge in [-0.05, 0) is 37.0 Å². The van der Waals surface area contributed by atoms with Crippen molar-refractivity contribution in [3.8, 4) is 5.75 Å². The second-order valence-corrected chi connectivity index (χ2v) is 14.5. The van der Waals surface area contributed by atoms with E-state index in [4.69, 9.17) is 61.6 Å². The van der Waals surface area contributed by atoms with E-state index in [-0.39, 0.29) is 12.6 Å². The number of rotatable bonds is 51. The van der Waals surface area contributed by atoms with E-state index in [0.717, 1.165) is 25.0 Å². The zero-order valence-corrected chi connectivity index (χ0v) is 38.4. The number of carbonyl (C=O) groups excluding carboxylic acids is 1. The van der Waals surface area contributed by atoms with Crippen molar-refractivity contribution in [2.45, 2.75) is 104 Å². The van der Waals surface area contributed by atoms with Crippen molar-refractivity contribution < 1.29 is 66.4 Å². The normalized spacial score (nSPS) is 11.4. The van der Waals surface area contributed by atoms with Gasteiger partial charge in [0.2, 0.25) is 0 Å². The van der Waals surface area contributed by atoms with E-state index in [2.05, 4.69) is 38.1 Å². The lowest BCUT2D eigenvalue weighted by Crippen LogP contribution is -2.16. The van der Waals surface area contributed by atoms with Gasteiger partial charge in [-0.3, -0.25) is 4.79 Å². The largest absolute Gasteiger partial charge is 0.491 e. The highest BCUT2D eigenvalue weighted by atomic mass is 16.6. The Morgan fingerprint density at radius 1 is 0.344 bits per heavy atom. The van der Waals surface area contributed by atoms with Crippen LogP contribution in [0.2, 0.25) is 0 Å². The van der Waals surface area contributed by atoms with Gasteiger partial charge in [-0.25, -0.2) is 0 Å². The van der Waals surface area contributed by atoms with Crippen LogP contribution in [0.1, 0.15) is 103 Å². The standard InChI is InChI=1S/C47H86O14/c1-3-5-7-9-10-12-13-15-45-17-19-46(20-18-45)60-43-41-58-39-37-56-35-33-54-31-29-52-27-25-50-23-21-49-22-24-51-26-28-53-30-32-55-34-36-57-38-40-59-42-44-61-47(48)16-14-11-8-6-4-2/h17-20H,3-16,21-44H2,1-2H3. The maximum absolute atomic E-state index is 11.6. The molecule has 0 atom stereocenters. The average molecular weight is 875 g/mol. The van der Waals surface area contributed by atoms with Crippen molar-refractivity contribution in [1.29, 1.82) is 0 Å². The quantitative estimate of drug-likeness (QED) is 0.0474. The van der Waals surface area contributed by atoms with Crippen LogP contribution in [0.15, 0.2) is 24.3 Å². The second-order valence-electron chi connectivity index (χ2n) is 14.5. The van der Waals surface area contributed by atoms with Gasteiger partial charge in [-0.1, -0.05) is 90.2 Å². The summed E-state index contributed by atoms with van der Waals surface area (Å²) in [5.41, 5.74) is 1.38. The van der Waals surface area contributed by atoms with E-state index >= 15 is 0 Å². The van der Waals surface area contributed by atoms with Gasteiger partial charge in [-0.15, -0.1) is 0 Å². The molecule has 0 saturated heterocycles. The first-order valence-electron chi connectivity index (χ1n) is 23.5. The Kier molecular flexibility index (Phi) is 45.9. The van der Waals surface area contributed by atoms with Gasteiger partial charge < -0.3 is 61.6 Å². The summed E-state index contributed by atoms with van der Waals surface area (Å²) in [5.74, 6) is 0.736. The molecule has 0 unspecified atom stereocenters. The first-order chi connectivity index (χ1) is 30.3. The van der Waals surface area contributed by atoms with Crippen molar-refractivity contribution in [3.63, 3.8) is 0 Å². The third kappa shape index (κ3) is 44.5. The molecule has 1 aromatic rings. The molecule has 0 amide bonds. The van der Waals surface area contributed by atoms with E-state index < -0.39 is 0 Å².